The van der Waals surface area contributed by atoms with Gasteiger partial charge in [0.1, 0.15) is 0 Å². The first-order valence-corrected chi connectivity index (χ1v) is 6.81. The first-order valence-electron chi connectivity index (χ1n) is 6.81. The lowest BCUT2D eigenvalue weighted by molar-refractivity contribution is -0.136. The van der Waals surface area contributed by atoms with Gasteiger partial charge in [0.2, 0.25) is 5.91 Å². The molecule has 1 aliphatic carbocycles. The zero-order valence-corrected chi connectivity index (χ0v) is 11.6. The summed E-state index contributed by atoms with van der Waals surface area (Å²) in [5, 5.41) is 0. The molecule has 1 aliphatic heterocycles. The van der Waals surface area contributed by atoms with Gasteiger partial charge in [-0.1, -0.05) is 20.8 Å². The highest BCUT2D eigenvalue weighted by Crippen LogP contribution is 2.40. The van der Waals surface area contributed by atoms with Gasteiger partial charge in [0.15, 0.2) is 0 Å². The number of carbonyl (C=O) groups is 1. The first kappa shape index (κ1) is 12.9. The van der Waals surface area contributed by atoms with Crippen LogP contribution in [0.15, 0.2) is 0 Å². The molecule has 1 saturated heterocycles. The molecule has 2 fully saturated rings. The SMILES string of the molecule is CC(C)(C)C1CCN(C(=O)C(C)(N)C2CC2)C1. The van der Waals surface area contributed by atoms with Crippen LogP contribution in [0, 0.1) is 17.3 Å². The highest BCUT2D eigenvalue weighted by atomic mass is 16.2. The largest absolute Gasteiger partial charge is 0.341 e. The number of carbonyl (C=O) groups excluding carboxylic acids is 1. The minimum atomic E-state index is -0.618. The number of hydrogen-bond acceptors (Lipinski definition) is 2. The Bertz CT molecular complexity index is 313. The van der Waals surface area contributed by atoms with Crippen molar-refractivity contribution in [1.29, 1.82) is 0 Å². The lowest BCUT2D eigenvalue weighted by atomic mass is 9.80. The molecule has 98 valence electrons. The molecule has 0 aromatic heterocycles. The Balaban J connectivity index is 1.99. The third-order valence-electron chi connectivity index (χ3n) is 4.59. The predicted octanol–water partition coefficient (Wildman–Crippen LogP) is 2.01. The summed E-state index contributed by atoms with van der Waals surface area (Å²) < 4.78 is 0. The minimum absolute atomic E-state index is 0.173. The molecule has 2 N–H and O–H groups in total. The van der Waals surface area contributed by atoms with Crippen molar-refractivity contribution in [2.75, 3.05) is 13.1 Å². The first-order chi connectivity index (χ1) is 7.73. The third kappa shape index (κ3) is 2.49. The van der Waals surface area contributed by atoms with E-state index in [1.54, 1.807) is 0 Å². The molecule has 0 bridgehead atoms. The normalized spacial score (nSPS) is 29.2. The molecule has 1 heterocycles. The van der Waals surface area contributed by atoms with Crippen molar-refractivity contribution in [3.05, 3.63) is 0 Å². The van der Waals surface area contributed by atoms with Gasteiger partial charge in [-0.2, -0.15) is 0 Å². The zero-order chi connectivity index (χ0) is 12.8. The molecule has 0 aromatic rings. The van der Waals surface area contributed by atoms with Crippen LogP contribution in [0.25, 0.3) is 0 Å². The van der Waals surface area contributed by atoms with Gasteiger partial charge >= 0.3 is 0 Å². The molecule has 2 aliphatic rings. The van der Waals surface area contributed by atoms with E-state index in [0.717, 1.165) is 32.4 Å². The maximum atomic E-state index is 12.4. The lowest BCUT2D eigenvalue weighted by Crippen LogP contribution is -2.54. The quantitative estimate of drug-likeness (QED) is 0.800. The van der Waals surface area contributed by atoms with E-state index < -0.39 is 5.54 Å². The fraction of sp³-hybridized carbons (Fsp3) is 0.929. The Morgan fingerprint density at radius 2 is 1.71 bits per heavy atom. The van der Waals surface area contributed by atoms with Crippen LogP contribution in [0.3, 0.4) is 0 Å². The molecular weight excluding hydrogens is 212 g/mol. The molecule has 3 nitrogen and oxygen atoms in total. The second kappa shape index (κ2) is 3.98. The van der Waals surface area contributed by atoms with E-state index in [1.165, 1.54) is 0 Å². The number of nitrogens with two attached hydrogens (primary N) is 1. The Hall–Kier alpha value is -0.570. The van der Waals surface area contributed by atoms with Crippen LogP contribution in [0.5, 0.6) is 0 Å². The van der Waals surface area contributed by atoms with E-state index in [9.17, 15) is 4.79 Å². The summed E-state index contributed by atoms with van der Waals surface area (Å²) in [6.45, 7) is 10.5. The second-order valence-electron chi connectivity index (χ2n) is 7.16. The molecule has 1 saturated carbocycles. The molecule has 17 heavy (non-hydrogen) atoms. The van der Waals surface area contributed by atoms with E-state index in [2.05, 4.69) is 20.8 Å². The van der Waals surface area contributed by atoms with Crippen molar-refractivity contribution in [2.45, 2.75) is 52.5 Å². The summed E-state index contributed by atoms with van der Waals surface area (Å²) in [6.07, 6.45) is 3.36. The van der Waals surface area contributed by atoms with Gasteiger partial charge in [-0.25, -0.2) is 0 Å². The summed E-state index contributed by atoms with van der Waals surface area (Å²) in [7, 11) is 0. The number of amides is 1. The molecule has 0 aromatic carbocycles. The van der Waals surface area contributed by atoms with Crippen LogP contribution >= 0.6 is 0 Å². The number of likely N-dealkylation sites (tertiary alicyclic amines) is 1. The van der Waals surface area contributed by atoms with Crippen LogP contribution in [0.2, 0.25) is 0 Å². The van der Waals surface area contributed by atoms with Crippen LogP contribution in [0.4, 0.5) is 0 Å². The van der Waals surface area contributed by atoms with E-state index in [0.29, 0.717) is 17.3 Å². The lowest BCUT2D eigenvalue weighted by Gasteiger charge is -2.31. The molecule has 2 rings (SSSR count). The summed E-state index contributed by atoms with van der Waals surface area (Å²) >= 11 is 0. The highest BCUT2D eigenvalue weighted by Gasteiger charge is 2.47. The van der Waals surface area contributed by atoms with Gasteiger partial charge in [-0.3, -0.25) is 4.79 Å². The number of hydrogen-bond donors (Lipinski definition) is 1. The van der Waals surface area contributed by atoms with Crippen LogP contribution in [0.1, 0.15) is 47.0 Å². The maximum Gasteiger partial charge on any atom is 0.242 e. The van der Waals surface area contributed by atoms with Crippen molar-refractivity contribution in [1.82, 2.24) is 4.90 Å². The Kier molecular flexibility index (Phi) is 3.01. The van der Waals surface area contributed by atoms with Crippen LogP contribution in [-0.4, -0.2) is 29.4 Å². The molecule has 0 radical (unpaired) electrons. The van der Waals surface area contributed by atoms with E-state index in [-0.39, 0.29) is 5.91 Å². The Morgan fingerprint density at radius 3 is 2.12 bits per heavy atom. The van der Waals surface area contributed by atoms with Gasteiger partial charge < -0.3 is 10.6 Å². The number of nitrogens with zero attached hydrogens (tertiary/aromatic N) is 1. The fourth-order valence-corrected chi connectivity index (χ4v) is 2.85. The van der Waals surface area contributed by atoms with Crippen molar-refractivity contribution in [2.24, 2.45) is 23.0 Å². The van der Waals surface area contributed by atoms with Crippen molar-refractivity contribution >= 4 is 5.91 Å². The average Bonchev–Trinajstić information content (AvgIpc) is 2.94. The zero-order valence-electron chi connectivity index (χ0n) is 11.6. The summed E-state index contributed by atoms with van der Waals surface area (Å²) in [5.41, 5.74) is 5.88. The minimum Gasteiger partial charge on any atom is -0.341 e. The second-order valence-corrected chi connectivity index (χ2v) is 7.16. The van der Waals surface area contributed by atoms with E-state index >= 15 is 0 Å². The molecule has 3 heteroatoms. The van der Waals surface area contributed by atoms with Gasteiger partial charge in [-0.05, 0) is 43.4 Å². The van der Waals surface area contributed by atoms with Gasteiger partial charge in [0.25, 0.3) is 0 Å². The van der Waals surface area contributed by atoms with Crippen molar-refractivity contribution in [3.8, 4) is 0 Å². The van der Waals surface area contributed by atoms with Gasteiger partial charge in [0, 0.05) is 13.1 Å². The molecular formula is C14H26N2O. The van der Waals surface area contributed by atoms with E-state index in [4.69, 9.17) is 5.73 Å². The third-order valence-corrected chi connectivity index (χ3v) is 4.59. The molecule has 2 atom stereocenters. The molecule has 0 spiro atoms. The molecule has 1 amide bonds. The summed E-state index contributed by atoms with van der Waals surface area (Å²) in [5.74, 6) is 1.21. The highest BCUT2D eigenvalue weighted by molar-refractivity contribution is 5.86. The Labute approximate surface area is 105 Å². The van der Waals surface area contributed by atoms with Crippen LogP contribution in [-0.2, 0) is 4.79 Å². The summed E-state index contributed by atoms with van der Waals surface area (Å²) in [4.78, 5) is 14.4. The summed E-state index contributed by atoms with van der Waals surface area (Å²) in [6, 6.07) is 0. The predicted molar refractivity (Wildman–Crippen MR) is 69.5 cm³/mol. The smallest absolute Gasteiger partial charge is 0.242 e. The average molecular weight is 238 g/mol. The Morgan fingerprint density at radius 1 is 1.12 bits per heavy atom. The van der Waals surface area contributed by atoms with Gasteiger partial charge in [-0.15, -0.1) is 0 Å². The monoisotopic (exact) mass is 238 g/mol. The maximum absolute atomic E-state index is 12.4. The topological polar surface area (TPSA) is 46.3 Å². The molecule has 2 unspecified atom stereocenters. The standard InChI is InChI=1S/C14H26N2O/c1-13(2,3)11-7-8-16(9-11)12(17)14(4,15)10-5-6-10/h10-11H,5-9,15H2,1-4H3. The fourth-order valence-electron chi connectivity index (χ4n) is 2.85. The van der Waals surface area contributed by atoms with Gasteiger partial charge in [0.05, 0.1) is 5.54 Å². The van der Waals surface area contributed by atoms with Crippen molar-refractivity contribution < 1.29 is 4.79 Å². The van der Waals surface area contributed by atoms with E-state index in [1.807, 2.05) is 11.8 Å². The van der Waals surface area contributed by atoms with Crippen molar-refractivity contribution in [3.63, 3.8) is 0 Å². The number of rotatable bonds is 2. The van der Waals surface area contributed by atoms with Crippen LogP contribution < -0.4 is 5.73 Å².